The summed E-state index contributed by atoms with van der Waals surface area (Å²) in [5.41, 5.74) is 8.39. The molecule has 0 aliphatic heterocycles. The Morgan fingerprint density at radius 2 is 2.03 bits per heavy atom. The molecular weight excluding hydrogens is 440 g/mol. The average molecular weight is 459 g/mol. The Morgan fingerprint density at radius 3 is 2.76 bits per heavy atom. The van der Waals surface area contributed by atoms with Crippen molar-refractivity contribution in [2.75, 3.05) is 0 Å². The van der Waals surface area contributed by atoms with Crippen LogP contribution in [0.2, 0.25) is 0 Å². The van der Waals surface area contributed by atoms with Crippen LogP contribution >= 0.6 is 11.3 Å². The number of rotatable bonds is 5. The van der Waals surface area contributed by atoms with E-state index in [0.717, 1.165) is 5.56 Å². The van der Waals surface area contributed by atoms with E-state index in [0.29, 0.717) is 22.8 Å². The summed E-state index contributed by atoms with van der Waals surface area (Å²) in [6.07, 6.45) is 4.81. The monoisotopic (exact) mass is 458 g/mol. The Hall–Kier alpha value is -4.31. The van der Waals surface area contributed by atoms with Gasteiger partial charge in [-0.3, -0.25) is 14.0 Å². The number of carbonyl (C=O) groups excluding carboxylic acids is 2. The van der Waals surface area contributed by atoms with Crippen LogP contribution in [0.4, 0.5) is 0 Å². The van der Waals surface area contributed by atoms with Gasteiger partial charge in [0.2, 0.25) is 0 Å². The van der Waals surface area contributed by atoms with Crippen LogP contribution in [0, 0.1) is 6.92 Å². The number of aromatic nitrogens is 4. The summed E-state index contributed by atoms with van der Waals surface area (Å²) in [7, 11) is 0. The van der Waals surface area contributed by atoms with Gasteiger partial charge in [0.15, 0.2) is 21.9 Å². The predicted molar refractivity (Wildman–Crippen MR) is 122 cm³/mol. The molecule has 4 heterocycles. The minimum Gasteiger partial charge on any atom is -0.463 e. The Morgan fingerprint density at radius 1 is 1.21 bits per heavy atom. The summed E-state index contributed by atoms with van der Waals surface area (Å²) >= 11 is 1.35. The molecule has 0 saturated heterocycles. The third-order valence-electron chi connectivity index (χ3n) is 5.06. The molecule has 0 aliphatic rings. The smallest absolute Gasteiger partial charge is 0.298 e. The predicted octanol–water partition coefficient (Wildman–Crippen LogP) is 3.05. The van der Waals surface area contributed by atoms with Crippen molar-refractivity contribution in [2.45, 2.75) is 13.5 Å². The van der Waals surface area contributed by atoms with Gasteiger partial charge in [-0.05, 0) is 30.7 Å². The molecule has 10 heteroatoms. The van der Waals surface area contributed by atoms with E-state index >= 15 is 0 Å². The van der Waals surface area contributed by atoms with Crippen molar-refractivity contribution < 1.29 is 14.0 Å². The van der Waals surface area contributed by atoms with E-state index < -0.39 is 11.8 Å². The lowest BCUT2D eigenvalue weighted by Crippen LogP contribution is -2.18. The second-order valence-electron chi connectivity index (χ2n) is 7.37. The molecule has 164 valence electrons. The Balaban J connectivity index is 1.58. The molecule has 2 amide bonds. The van der Waals surface area contributed by atoms with Crippen molar-refractivity contribution >= 4 is 28.8 Å². The Bertz CT molecular complexity index is 1540. The molecule has 0 bridgehead atoms. The first-order chi connectivity index (χ1) is 16.0. The molecule has 4 aromatic heterocycles. The maximum absolute atomic E-state index is 13.1. The van der Waals surface area contributed by atoms with Crippen molar-refractivity contribution in [3.05, 3.63) is 93.9 Å². The molecule has 0 unspecified atom stereocenters. The molecule has 0 aliphatic carbocycles. The number of imidazole rings is 1. The second kappa shape index (κ2) is 8.32. The fraction of sp³-hybridized carbons (Fsp3) is 0.0870. The van der Waals surface area contributed by atoms with Crippen LogP contribution in [0.5, 0.6) is 0 Å². The maximum Gasteiger partial charge on any atom is 0.298 e. The van der Waals surface area contributed by atoms with E-state index in [9.17, 15) is 9.59 Å². The van der Waals surface area contributed by atoms with E-state index in [1.54, 1.807) is 22.6 Å². The summed E-state index contributed by atoms with van der Waals surface area (Å²) in [4.78, 5) is 38.2. The summed E-state index contributed by atoms with van der Waals surface area (Å²) in [6, 6.07) is 13.2. The lowest BCUT2D eigenvalue weighted by Gasteiger charge is -2.06. The van der Waals surface area contributed by atoms with Crippen LogP contribution in [0.25, 0.3) is 17.1 Å². The highest BCUT2D eigenvalue weighted by Gasteiger charge is 2.20. The van der Waals surface area contributed by atoms with E-state index in [4.69, 9.17) is 10.2 Å². The molecule has 0 saturated carbocycles. The number of nitrogens with zero attached hydrogens (tertiary/aromatic N) is 5. The lowest BCUT2D eigenvalue weighted by molar-refractivity contribution is 0.0984. The standard InChI is InChI=1S/C23H18N6O3S/c1-14-4-6-15(7-5-14)12-28-8-10-33-23(28)27-22(31)16-11-17(18-3-2-9-32-18)29-13-25-19(20(24)30)21(29)26-16/h2-11,13H,12H2,1H3,(H2,24,30). The topological polar surface area (TPSA) is 121 Å². The molecule has 0 atom stereocenters. The van der Waals surface area contributed by atoms with Gasteiger partial charge in [0, 0.05) is 18.1 Å². The fourth-order valence-corrected chi connectivity index (χ4v) is 4.14. The number of benzene rings is 1. The van der Waals surface area contributed by atoms with Crippen LogP contribution in [0.1, 0.15) is 32.1 Å². The van der Waals surface area contributed by atoms with Gasteiger partial charge in [0.05, 0.1) is 12.0 Å². The van der Waals surface area contributed by atoms with Gasteiger partial charge < -0.3 is 14.7 Å². The number of fused-ring (bicyclic) bond motifs is 1. The summed E-state index contributed by atoms with van der Waals surface area (Å²) in [5.74, 6) is -0.816. The van der Waals surface area contributed by atoms with Gasteiger partial charge in [-0.2, -0.15) is 4.99 Å². The van der Waals surface area contributed by atoms with E-state index in [1.807, 2.05) is 47.3 Å². The summed E-state index contributed by atoms with van der Waals surface area (Å²) in [6.45, 7) is 2.61. The molecule has 0 fully saturated rings. The molecule has 5 aromatic rings. The molecule has 1 aromatic carbocycles. The highest BCUT2D eigenvalue weighted by molar-refractivity contribution is 7.07. The highest BCUT2D eigenvalue weighted by Crippen LogP contribution is 2.23. The number of carbonyl (C=O) groups is 2. The van der Waals surface area contributed by atoms with Gasteiger partial charge in [-0.25, -0.2) is 9.97 Å². The fourth-order valence-electron chi connectivity index (χ4n) is 3.41. The number of primary amides is 1. The first-order valence-corrected chi connectivity index (χ1v) is 10.9. The zero-order chi connectivity index (χ0) is 22.9. The lowest BCUT2D eigenvalue weighted by atomic mass is 10.1. The Labute approximate surface area is 191 Å². The van der Waals surface area contributed by atoms with E-state index in [2.05, 4.69) is 15.0 Å². The number of aryl methyl sites for hydroxylation is 1. The van der Waals surface area contributed by atoms with Crippen molar-refractivity contribution in [1.29, 1.82) is 0 Å². The molecule has 0 radical (unpaired) electrons. The zero-order valence-corrected chi connectivity index (χ0v) is 18.3. The quantitative estimate of drug-likeness (QED) is 0.434. The van der Waals surface area contributed by atoms with Gasteiger partial charge in [0.1, 0.15) is 12.0 Å². The van der Waals surface area contributed by atoms with Gasteiger partial charge in [0.25, 0.3) is 11.8 Å². The first kappa shape index (κ1) is 20.6. The number of hydrogen-bond donors (Lipinski definition) is 1. The van der Waals surface area contributed by atoms with Crippen LogP contribution in [0.15, 0.2) is 76.0 Å². The third kappa shape index (κ3) is 3.99. The molecule has 9 nitrogen and oxygen atoms in total. The maximum atomic E-state index is 13.1. The normalized spacial score (nSPS) is 11.8. The van der Waals surface area contributed by atoms with E-state index in [-0.39, 0.29) is 17.0 Å². The van der Waals surface area contributed by atoms with Gasteiger partial charge >= 0.3 is 0 Å². The molecule has 2 N–H and O–H groups in total. The molecule has 5 rings (SSSR count). The first-order valence-electron chi connectivity index (χ1n) is 10.00. The van der Waals surface area contributed by atoms with Crippen LogP contribution in [-0.2, 0) is 6.54 Å². The van der Waals surface area contributed by atoms with Crippen molar-refractivity contribution in [3.8, 4) is 11.5 Å². The second-order valence-corrected chi connectivity index (χ2v) is 8.24. The zero-order valence-electron chi connectivity index (χ0n) is 17.5. The number of nitrogens with two attached hydrogens (primary N) is 1. The molecular formula is C23H18N6O3S. The molecule has 33 heavy (non-hydrogen) atoms. The van der Waals surface area contributed by atoms with Crippen LogP contribution in [-0.4, -0.2) is 30.8 Å². The minimum atomic E-state index is -0.744. The van der Waals surface area contributed by atoms with Crippen molar-refractivity contribution in [1.82, 2.24) is 18.9 Å². The minimum absolute atomic E-state index is 0.0389. The van der Waals surface area contributed by atoms with E-state index in [1.165, 1.54) is 29.5 Å². The van der Waals surface area contributed by atoms with Crippen LogP contribution in [0.3, 0.4) is 0 Å². The summed E-state index contributed by atoms with van der Waals surface area (Å²) in [5, 5.41) is 1.87. The number of amides is 2. The Kier molecular flexibility index (Phi) is 5.19. The summed E-state index contributed by atoms with van der Waals surface area (Å²) < 4.78 is 8.95. The number of furan rings is 1. The highest BCUT2D eigenvalue weighted by atomic mass is 32.1. The third-order valence-corrected chi connectivity index (χ3v) is 5.85. The average Bonchev–Trinajstić information content (AvgIpc) is 3.56. The van der Waals surface area contributed by atoms with Gasteiger partial charge in [-0.15, -0.1) is 11.3 Å². The molecule has 0 spiro atoms. The SMILES string of the molecule is Cc1ccc(Cn2ccsc2=NC(=O)c2cc(-c3ccco3)n3cnc(C(N)=O)c3n2)cc1. The number of thiazole rings is 1. The van der Waals surface area contributed by atoms with Crippen LogP contribution < -0.4 is 10.5 Å². The largest absolute Gasteiger partial charge is 0.463 e. The van der Waals surface area contributed by atoms with Crippen molar-refractivity contribution in [3.63, 3.8) is 0 Å². The number of hydrogen-bond acceptors (Lipinski definition) is 6. The van der Waals surface area contributed by atoms with Gasteiger partial charge in [-0.1, -0.05) is 29.8 Å². The van der Waals surface area contributed by atoms with Crippen molar-refractivity contribution in [2.24, 2.45) is 10.7 Å².